The summed E-state index contributed by atoms with van der Waals surface area (Å²) in [5.74, 6) is 0. The van der Waals surface area contributed by atoms with Crippen molar-refractivity contribution >= 4 is 0 Å². The van der Waals surface area contributed by atoms with E-state index in [9.17, 15) is 4.39 Å². The fraction of sp³-hybridized carbons (Fsp3) is 0.714. The average molecular weight is 129 g/mol. The van der Waals surface area contributed by atoms with Crippen LogP contribution < -0.4 is 5.73 Å². The third kappa shape index (κ3) is 1.52. The summed E-state index contributed by atoms with van der Waals surface area (Å²) in [7, 11) is 0. The van der Waals surface area contributed by atoms with E-state index in [4.69, 9.17) is 5.73 Å². The van der Waals surface area contributed by atoms with Crippen molar-refractivity contribution in [1.82, 2.24) is 0 Å². The van der Waals surface area contributed by atoms with E-state index in [-0.39, 0.29) is 6.54 Å². The molecule has 1 aliphatic carbocycles. The molecule has 0 bridgehead atoms. The highest BCUT2D eigenvalue weighted by atomic mass is 19.1. The minimum Gasteiger partial charge on any atom is -0.327 e. The smallest absolute Gasteiger partial charge is 0.133 e. The molecule has 1 aliphatic rings. The van der Waals surface area contributed by atoms with Crippen LogP contribution in [0.4, 0.5) is 4.39 Å². The minimum atomic E-state index is -0.868. The minimum absolute atomic E-state index is 0.145. The second-order valence-electron chi connectivity index (χ2n) is 2.37. The number of allylic oxidation sites excluding steroid dienone is 1. The number of hydrogen-bond acceptors (Lipinski definition) is 1. The van der Waals surface area contributed by atoms with Crippen LogP contribution in [0.3, 0.4) is 0 Å². The largest absolute Gasteiger partial charge is 0.327 e. The Bertz CT molecular complexity index is 120. The zero-order chi connectivity index (χ0) is 6.69. The molecule has 0 aromatic heterocycles. The van der Waals surface area contributed by atoms with E-state index in [2.05, 4.69) is 0 Å². The Balaban J connectivity index is 2.40. The Morgan fingerprint density at radius 3 is 3.00 bits per heavy atom. The number of hydrogen-bond donors (Lipinski definition) is 1. The Morgan fingerprint density at radius 2 is 2.56 bits per heavy atom. The third-order valence-corrected chi connectivity index (χ3v) is 1.69. The predicted molar refractivity (Wildman–Crippen MR) is 35.9 cm³/mol. The maximum atomic E-state index is 12.6. The molecule has 0 saturated heterocycles. The maximum Gasteiger partial charge on any atom is 0.133 e. The van der Waals surface area contributed by atoms with Crippen LogP contribution in [0.25, 0.3) is 0 Å². The van der Waals surface area contributed by atoms with E-state index in [0.29, 0.717) is 0 Å². The Labute approximate surface area is 54.7 Å². The zero-order valence-electron chi connectivity index (χ0n) is 5.44. The van der Waals surface area contributed by atoms with E-state index in [1.165, 1.54) is 0 Å². The van der Waals surface area contributed by atoms with Gasteiger partial charge in [0.05, 0.1) is 0 Å². The maximum absolute atomic E-state index is 12.6. The van der Waals surface area contributed by atoms with Gasteiger partial charge in [-0.05, 0) is 24.8 Å². The van der Waals surface area contributed by atoms with Gasteiger partial charge in [-0.3, -0.25) is 0 Å². The fourth-order valence-corrected chi connectivity index (χ4v) is 1.13. The van der Waals surface area contributed by atoms with Crippen LogP contribution in [-0.2, 0) is 0 Å². The van der Waals surface area contributed by atoms with Gasteiger partial charge in [0.1, 0.15) is 6.17 Å². The van der Waals surface area contributed by atoms with Crippen LogP contribution in [-0.4, -0.2) is 12.7 Å². The lowest BCUT2D eigenvalue weighted by Gasteiger charge is -2.03. The van der Waals surface area contributed by atoms with Gasteiger partial charge in [0.25, 0.3) is 0 Å². The van der Waals surface area contributed by atoms with Crippen molar-refractivity contribution in [1.29, 1.82) is 0 Å². The van der Waals surface area contributed by atoms with Crippen molar-refractivity contribution < 1.29 is 4.39 Å². The van der Waals surface area contributed by atoms with Crippen molar-refractivity contribution in [2.24, 2.45) is 5.73 Å². The molecule has 1 rings (SSSR count). The molecule has 52 valence electrons. The third-order valence-electron chi connectivity index (χ3n) is 1.69. The zero-order valence-corrected chi connectivity index (χ0v) is 5.44. The van der Waals surface area contributed by atoms with E-state index < -0.39 is 6.17 Å². The highest BCUT2D eigenvalue weighted by Gasteiger charge is 2.13. The molecule has 1 nitrogen and oxygen atoms in total. The van der Waals surface area contributed by atoms with Crippen LogP contribution in [0.1, 0.15) is 19.3 Å². The van der Waals surface area contributed by atoms with E-state index in [0.717, 1.165) is 24.8 Å². The lowest BCUT2D eigenvalue weighted by Crippen LogP contribution is -2.16. The van der Waals surface area contributed by atoms with E-state index in [1.807, 2.05) is 6.08 Å². The molecular weight excluding hydrogens is 117 g/mol. The summed E-state index contributed by atoms with van der Waals surface area (Å²) in [5, 5.41) is 0. The molecular formula is C7H12FN. The number of nitrogens with two attached hydrogens (primary N) is 1. The van der Waals surface area contributed by atoms with Gasteiger partial charge < -0.3 is 5.73 Å². The summed E-state index contributed by atoms with van der Waals surface area (Å²) in [4.78, 5) is 0. The Kier molecular flexibility index (Phi) is 2.22. The van der Waals surface area contributed by atoms with E-state index >= 15 is 0 Å². The fourth-order valence-electron chi connectivity index (χ4n) is 1.13. The molecule has 0 saturated carbocycles. The molecule has 0 aliphatic heterocycles. The van der Waals surface area contributed by atoms with Crippen molar-refractivity contribution in [2.45, 2.75) is 25.4 Å². The van der Waals surface area contributed by atoms with Crippen LogP contribution in [0, 0.1) is 0 Å². The molecule has 0 heterocycles. The monoisotopic (exact) mass is 129 g/mol. The first-order chi connectivity index (χ1) is 4.34. The normalized spacial score (nSPS) is 21.8. The molecule has 0 aromatic carbocycles. The topological polar surface area (TPSA) is 26.0 Å². The van der Waals surface area contributed by atoms with Gasteiger partial charge in [-0.25, -0.2) is 4.39 Å². The lowest BCUT2D eigenvalue weighted by atomic mass is 10.1. The molecule has 2 N–H and O–H groups in total. The van der Waals surface area contributed by atoms with Gasteiger partial charge in [-0.2, -0.15) is 0 Å². The van der Waals surface area contributed by atoms with Crippen molar-refractivity contribution in [3.63, 3.8) is 0 Å². The highest BCUT2D eigenvalue weighted by molar-refractivity contribution is 5.12. The van der Waals surface area contributed by atoms with Crippen molar-refractivity contribution in [3.05, 3.63) is 11.6 Å². The van der Waals surface area contributed by atoms with Crippen LogP contribution in [0.5, 0.6) is 0 Å². The summed E-state index contributed by atoms with van der Waals surface area (Å²) >= 11 is 0. The van der Waals surface area contributed by atoms with Crippen LogP contribution >= 0.6 is 0 Å². The number of rotatable bonds is 2. The quantitative estimate of drug-likeness (QED) is 0.560. The summed E-state index contributed by atoms with van der Waals surface area (Å²) in [6.07, 6.45) is 4.16. The van der Waals surface area contributed by atoms with Gasteiger partial charge in [0.15, 0.2) is 0 Å². The molecule has 1 unspecified atom stereocenters. The SMILES string of the molecule is NCC(F)C1=CCCC1. The van der Waals surface area contributed by atoms with Crippen molar-refractivity contribution in [3.8, 4) is 0 Å². The van der Waals surface area contributed by atoms with Gasteiger partial charge >= 0.3 is 0 Å². The molecule has 0 amide bonds. The summed E-state index contributed by atoms with van der Waals surface area (Å²) in [6, 6.07) is 0. The molecule has 0 spiro atoms. The standard InChI is InChI=1S/C7H12FN/c8-7(5-9)6-3-1-2-4-6/h3,7H,1-2,4-5,9H2. The number of halogens is 1. The summed E-state index contributed by atoms with van der Waals surface area (Å²) in [6.45, 7) is 0.145. The molecule has 0 aromatic rings. The average Bonchev–Trinajstić information content (AvgIpc) is 2.37. The first-order valence-corrected chi connectivity index (χ1v) is 3.37. The second-order valence-corrected chi connectivity index (χ2v) is 2.37. The van der Waals surface area contributed by atoms with Gasteiger partial charge in [0.2, 0.25) is 0 Å². The first kappa shape index (κ1) is 6.75. The Hall–Kier alpha value is -0.370. The number of alkyl halides is 1. The summed E-state index contributed by atoms with van der Waals surface area (Å²) < 4.78 is 12.6. The van der Waals surface area contributed by atoms with Gasteiger partial charge in [-0.15, -0.1) is 0 Å². The summed E-state index contributed by atoms with van der Waals surface area (Å²) in [5.41, 5.74) is 6.05. The first-order valence-electron chi connectivity index (χ1n) is 3.37. The van der Waals surface area contributed by atoms with Gasteiger partial charge in [0, 0.05) is 6.54 Å². The Morgan fingerprint density at radius 1 is 1.78 bits per heavy atom. The molecule has 0 radical (unpaired) electrons. The second kappa shape index (κ2) is 2.97. The lowest BCUT2D eigenvalue weighted by molar-refractivity contribution is 0.384. The van der Waals surface area contributed by atoms with Crippen molar-refractivity contribution in [2.75, 3.05) is 6.54 Å². The molecule has 0 fully saturated rings. The van der Waals surface area contributed by atoms with E-state index in [1.54, 1.807) is 0 Å². The molecule has 2 heteroatoms. The highest BCUT2D eigenvalue weighted by Crippen LogP contribution is 2.21. The predicted octanol–water partition coefficient (Wildman–Crippen LogP) is 1.39. The van der Waals surface area contributed by atoms with Crippen LogP contribution in [0.15, 0.2) is 11.6 Å². The molecule has 1 atom stereocenters. The van der Waals surface area contributed by atoms with Gasteiger partial charge in [-0.1, -0.05) is 6.08 Å². The molecule has 9 heavy (non-hydrogen) atoms. The van der Waals surface area contributed by atoms with Crippen LogP contribution in [0.2, 0.25) is 0 Å².